The first-order valence-corrected chi connectivity index (χ1v) is 11.3. The number of aliphatic hydroxyl groups excluding tert-OH is 6. The number of rotatable bonds is 8. The molecule has 0 aromatic rings. The van der Waals surface area contributed by atoms with Gasteiger partial charge < -0.3 is 30.6 Å². The molecule has 0 bridgehead atoms. The first-order chi connectivity index (χ1) is 13.4. The van der Waals surface area contributed by atoms with E-state index in [1.54, 1.807) is 0 Å². The molecule has 0 aromatic carbocycles. The molecule has 0 spiro atoms. The molecular formula is C22H44O6. The Labute approximate surface area is 170 Å². The van der Waals surface area contributed by atoms with Crippen LogP contribution in [0.5, 0.6) is 0 Å². The van der Waals surface area contributed by atoms with Gasteiger partial charge in [-0.15, -0.1) is 0 Å². The summed E-state index contributed by atoms with van der Waals surface area (Å²) in [4.78, 5) is 0. The molecule has 0 radical (unpaired) electrons. The molecule has 168 valence electrons. The molecule has 6 heteroatoms. The Balaban J connectivity index is 0.000000280. The molecule has 2 aliphatic carbocycles. The third kappa shape index (κ3) is 6.92. The van der Waals surface area contributed by atoms with E-state index in [2.05, 4.69) is 0 Å². The van der Waals surface area contributed by atoms with Crippen LogP contribution in [0.15, 0.2) is 0 Å². The second-order valence-corrected chi connectivity index (χ2v) is 8.83. The minimum atomic E-state index is -0.766. The fourth-order valence-corrected chi connectivity index (χ4v) is 5.14. The molecule has 2 fully saturated rings. The van der Waals surface area contributed by atoms with Crippen LogP contribution in [0.2, 0.25) is 0 Å². The van der Waals surface area contributed by atoms with Crippen LogP contribution in [-0.4, -0.2) is 68.3 Å². The van der Waals surface area contributed by atoms with Crippen molar-refractivity contribution in [2.24, 2.45) is 17.3 Å². The van der Waals surface area contributed by atoms with Gasteiger partial charge in [-0.05, 0) is 56.8 Å². The normalized spacial score (nSPS) is 29.1. The van der Waals surface area contributed by atoms with E-state index < -0.39 is 23.7 Å². The Bertz CT molecular complexity index is 370. The van der Waals surface area contributed by atoms with Gasteiger partial charge in [0.2, 0.25) is 0 Å². The van der Waals surface area contributed by atoms with Crippen molar-refractivity contribution in [3.8, 4) is 0 Å². The third-order valence-electron chi connectivity index (χ3n) is 7.12. The van der Waals surface area contributed by atoms with Crippen LogP contribution in [0, 0.1) is 17.3 Å². The van der Waals surface area contributed by atoms with Crippen molar-refractivity contribution < 1.29 is 30.6 Å². The van der Waals surface area contributed by atoms with Crippen molar-refractivity contribution in [1.29, 1.82) is 0 Å². The van der Waals surface area contributed by atoms with Gasteiger partial charge in [0.25, 0.3) is 0 Å². The fourth-order valence-electron chi connectivity index (χ4n) is 5.14. The Kier molecular flexibility index (Phi) is 12.1. The number of aliphatic hydroxyl groups is 6. The van der Waals surface area contributed by atoms with Crippen LogP contribution in [-0.2, 0) is 0 Å². The summed E-state index contributed by atoms with van der Waals surface area (Å²) in [6.45, 7) is 3.51. The van der Waals surface area contributed by atoms with Crippen LogP contribution in [0.25, 0.3) is 0 Å². The largest absolute Gasteiger partial charge is 0.394 e. The Hall–Kier alpha value is -0.240. The van der Waals surface area contributed by atoms with Crippen molar-refractivity contribution >= 4 is 0 Å². The summed E-state index contributed by atoms with van der Waals surface area (Å²) in [6, 6.07) is 0. The summed E-state index contributed by atoms with van der Waals surface area (Å²) in [5.74, 6) is 0.500. The van der Waals surface area contributed by atoms with E-state index in [9.17, 15) is 20.4 Å². The second kappa shape index (κ2) is 13.1. The van der Waals surface area contributed by atoms with Gasteiger partial charge in [0.1, 0.15) is 0 Å². The third-order valence-corrected chi connectivity index (χ3v) is 7.12. The van der Waals surface area contributed by atoms with Crippen molar-refractivity contribution in [2.45, 2.75) is 109 Å². The smallest absolute Gasteiger partial charge is 0.0851 e. The lowest BCUT2D eigenvalue weighted by Gasteiger charge is -2.43. The van der Waals surface area contributed by atoms with Crippen LogP contribution in [0.3, 0.4) is 0 Å². The first-order valence-electron chi connectivity index (χ1n) is 11.3. The Morgan fingerprint density at radius 2 is 1.29 bits per heavy atom. The fraction of sp³-hybridized carbons (Fsp3) is 1.00. The lowest BCUT2D eigenvalue weighted by Crippen LogP contribution is -2.48. The van der Waals surface area contributed by atoms with Crippen LogP contribution < -0.4 is 0 Å². The van der Waals surface area contributed by atoms with E-state index in [-0.39, 0.29) is 25.2 Å². The van der Waals surface area contributed by atoms with E-state index >= 15 is 0 Å². The van der Waals surface area contributed by atoms with Crippen LogP contribution >= 0.6 is 0 Å². The molecule has 2 aliphatic rings. The minimum Gasteiger partial charge on any atom is -0.394 e. The SMILES string of the molecule is CCC(O)C1(C(O)CO)CCCCC1.CCC(O)C1CCCC(C(O)CO)C1. The molecule has 0 amide bonds. The van der Waals surface area contributed by atoms with Crippen molar-refractivity contribution in [2.75, 3.05) is 13.2 Å². The maximum atomic E-state index is 9.96. The maximum Gasteiger partial charge on any atom is 0.0851 e. The molecule has 0 heterocycles. The zero-order valence-electron chi connectivity index (χ0n) is 17.8. The highest BCUT2D eigenvalue weighted by Gasteiger charge is 2.43. The van der Waals surface area contributed by atoms with Gasteiger partial charge in [-0.25, -0.2) is 0 Å². The summed E-state index contributed by atoms with van der Waals surface area (Å²) in [5.41, 5.74) is -0.443. The molecule has 2 saturated carbocycles. The molecular weight excluding hydrogens is 360 g/mol. The molecule has 0 aromatic heterocycles. The summed E-state index contributed by atoms with van der Waals surface area (Å²) in [5, 5.41) is 56.9. The molecule has 6 atom stereocenters. The van der Waals surface area contributed by atoms with Gasteiger partial charge in [-0.2, -0.15) is 0 Å². The van der Waals surface area contributed by atoms with Gasteiger partial charge in [0, 0.05) is 5.41 Å². The predicted octanol–water partition coefficient (Wildman–Crippen LogP) is 1.98. The molecule has 0 aliphatic heterocycles. The second-order valence-electron chi connectivity index (χ2n) is 8.83. The highest BCUT2D eigenvalue weighted by molar-refractivity contribution is 4.94. The Morgan fingerprint density at radius 3 is 1.75 bits per heavy atom. The van der Waals surface area contributed by atoms with Crippen molar-refractivity contribution in [3.05, 3.63) is 0 Å². The van der Waals surface area contributed by atoms with Crippen LogP contribution in [0.1, 0.15) is 84.5 Å². The van der Waals surface area contributed by atoms with E-state index in [4.69, 9.17) is 10.2 Å². The van der Waals surface area contributed by atoms with Gasteiger partial charge in [0.15, 0.2) is 0 Å². The lowest BCUT2D eigenvalue weighted by molar-refractivity contribution is -0.110. The van der Waals surface area contributed by atoms with Crippen molar-refractivity contribution in [3.63, 3.8) is 0 Å². The number of hydrogen-bond acceptors (Lipinski definition) is 6. The van der Waals surface area contributed by atoms with E-state index in [0.29, 0.717) is 12.3 Å². The highest BCUT2D eigenvalue weighted by Crippen LogP contribution is 2.43. The quantitative estimate of drug-likeness (QED) is 0.368. The van der Waals surface area contributed by atoms with E-state index in [1.807, 2.05) is 13.8 Å². The minimum absolute atomic E-state index is 0.153. The predicted molar refractivity (Wildman–Crippen MR) is 110 cm³/mol. The lowest BCUT2D eigenvalue weighted by atomic mass is 9.66. The van der Waals surface area contributed by atoms with Crippen LogP contribution in [0.4, 0.5) is 0 Å². The summed E-state index contributed by atoms with van der Waals surface area (Å²) >= 11 is 0. The molecule has 6 nitrogen and oxygen atoms in total. The topological polar surface area (TPSA) is 121 Å². The summed E-state index contributed by atoms with van der Waals surface area (Å²) in [6.07, 6.45) is 8.27. The van der Waals surface area contributed by atoms with E-state index in [1.165, 1.54) is 6.42 Å². The number of hydrogen-bond donors (Lipinski definition) is 6. The standard InChI is InChI=1S/2C11H22O3/c1-2-10(13)8-4-3-5-9(6-8)11(14)7-12;1-2-9(13)11(10(14)8-12)6-4-3-5-7-11/h8-14H,2-7H2,1H3;9-10,12-14H,2-8H2,1H3. The monoisotopic (exact) mass is 404 g/mol. The van der Waals surface area contributed by atoms with Gasteiger partial charge in [0.05, 0.1) is 37.6 Å². The zero-order chi connectivity index (χ0) is 21.2. The van der Waals surface area contributed by atoms with Crippen molar-refractivity contribution in [1.82, 2.24) is 0 Å². The maximum absolute atomic E-state index is 9.96. The Morgan fingerprint density at radius 1 is 0.714 bits per heavy atom. The first kappa shape index (κ1) is 25.8. The van der Waals surface area contributed by atoms with Gasteiger partial charge >= 0.3 is 0 Å². The molecule has 2 rings (SSSR count). The van der Waals surface area contributed by atoms with E-state index in [0.717, 1.165) is 57.8 Å². The molecule has 6 unspecified atom stereocenters. The van der Waals surface area contributed by atoms with Gasteiger partial charge in [-0.3, -0.25) is 0 Å². The molecule has 0 saturated heterocycles. The molecule has 6 N–H and O–H groups in total. The summed E-state index contributed by atoms with van der Waals surface area (Å²) < 4.78 is 0. The highest BCUT2D eigenvalue weighted by atomic mass is 16.3. The zero-order valence-corrected chi connectivity index (χ0v) is 17.8. The summed E-state index contributed by atoms with van der Waals surface area (Å²) in [7, 11) is 0. The van der Waals surface area contributed by atoms with Gasteiger partial charge in [-0.1, -0.05) is 39.5 Å². The molecule has 28 heavy (non-hydrogen) atoms. The average molecular weight is 405 g/mol. The average Bonchev–Trinajstić information content (AvgIpc) is 2.77.